The molecule has 4 fully saturated rings. The van der Waals surface area contributed by atoms with Gasteiger partial charge in [0.05, 0.1) is 41.9 Å². The molecular formula is C48H66ClF2N7O8. The van der Waals surface area contributed by atoms with Crippen LogP contribution in [0.1, 0.15) is 111 Å². The summed E-state index contributed by atoms with van der Waals surface area (Å²) in [4.78, 5) is 30.9. The van der Waals surface area contributed by atoms with Gasteiger partial charge in [0.2, 0.25) is 5.88 Å². The number of likely N-dealkylation sites (tertiary alicyclic amines) is 1. The number of hydrogen-bond donors (Lipinski definition) is 0. The zero-order valence-corrected chi connectivity index (χ0v) is 40.3. The summed E-state index contributed by atoms with van der Waals surface area (Å²) in [6.45, 7) is 15.1. The second-order valence-corrected chi connectivity index (χ2v) is 20.7. The number of alkyl halides is 1. The second kappa shape index (κ2) is 20.3. The molecule has 0 saturated carbocycles. The largest absolute Gasteiger partial charge is 0.471 e. The normalized spacial score (nSPS) is 24.1. The van der Waals surface area contributed by atoms with Crippen molar-refractivity contribution in [3.63, 3.8) is 0 Å². The van der Waals surface area contributed by atoms with Crippen LogP contribution in [0, 0.1) is 11.7 Å². The SMILES string of the molecule is COCO[C@@H]1C[C@H](COCCCCc2c(Cl)cc3c(cnn3C3CCCCO3)c2-c2ncc3c(OC(C)(C)C)nc(OC[C@@]45CCCN4C[C@H](F)C5)nc3c2F)CN(C(=O)OC(C)(C)C)C1. The number of methoxy groups -OCH3 is 1. The monoisotopic (exact) mass is 941 g/mol. The molecule has 362 valence electrons. The number of piperidine rings is 1. The number of carbonyl (C=O) groups is 1. The highest BCUT2D eigenvalue weighted by Gasteiger charge is 2.49. The van der Waals surface area contributed by atoms with Gasteiger partial charge in [-0.25, -0.2) is 18.3 Å². The Hall–Kier alpha value is -4.00. The van der Waals surface area contributed by atoms with Crippen molar-refractivity contribution < 1.29 is 46.7 Å². The summed E-state index contributed by atoms with van der Waals surface area (Å²) < 4.78 is 75.7. The third-order valence-corrected chi connectivity index (χ3v) is 13.1. The third kappa shape index (κ3) is 11.1. The molecule has 0 aliphatic carbocycles. The number of halogens is 3. The first-order chi connectivity index (χ1) is 31.5. The zero-order chi connectivity index (χ0) is 46.8. The minimum atomic E-state index is -0.933. The first kappa shape index (κ1) is 48.5. The van der Waals surface area contributed by atoms with Crippen LogP contribution in [0.25, 0.3) is 33.1 Å². The minimum absolute atomic E-state index is 0.0156. The van der Waals surface area contributed by atoms with Crippen LogP contribution in [0.2, 0.25) is 5.02 Å². The van der Waals surface area contributed by atoms with Crippen LogP contribution in [-0.2, 0) is 30.1 Å². The number of fused-ring (bicyclic) bond motifs is 3. The van der Waals surface area contributed by atoms with Crippen molar-refractivity contribution in [3.8, 4) is 23.1 Å². The molecule has 0 bridgehead atoms. The van der Waals surface area contributed by atoms with Crippen molar-refractivity contribution in [2.24, 2.45) is 5.92 Å². The van der Waals surface area contributed by atoms with E-state index in [1.54, 1.807) is 24.4 Å². The number of nitrogens with zero attached hydrogens (tertiary/aromatic N) is 7. The Labute approximate surface area is 391 Å². The maximum absolute atomic E-state index is 17.6. The average molecular weight is 943 g/mol. The van der Waals surface area contributed by atoms with Gasteiger partial charge >= 0.3 is 12.1 Å². The van der Waals surface area contributed by atoms with Crippen molar-refractivity contribution >= 4 is 39.5 Å². The number of rotatable bonds is 16. The van der Waals surface area contributed by atoms with Crippen molar-refractivity contribution in [2.45, 2.75) is 141 Å². The van der Waals surface area contributed by atoms with Crippen LogP contribution < -0.4 is 9.47 Å². The summed E-state index contributed by atoms with van der Waals surface area (Å²) in [6, 6.07) is 1.83. The van der Waals surface area contributed by atoms with E-state index in [1.807, 2.05) is 52.3 Å². The Morgan fingerprint density at radius 3 is 2.62 bits per heavy atom. The topological polar surface area (TPSA) is 145 Å². The molecule has 1 amide bonds. The van der Waals surface area contributed by atoms with Gasteiger partial charge in [-0.1, -0.05) is 11.6 Å². The van der Waals surface area contributed by atoms with Crippen molar-refractivity contribution in [2.75, 3.05) is 66.5 Å². The van der Waals surface area contributed by atoms with E-state index in [2.05, 4.69) is 14.9 Å². The van der Waals surface area contributed by atoms with Crippen LogP contribution in [-0.4, -0.2) is 136 Å². The van der Waals surface area contributed by atoms with Gasteiger partial charge in [-0.15, -0.1) is 0 Å². The van der Waals surface area contributed by atoms with E-state index in [0.29, 0.717) is 93.0 Å². The van der Waals surface area contributed by atoms with E-state index in [0.717, 1.165) is 44.2 Å². The Bertz CT molecular complexity index is 2340. The number of carbonyl (C=O) groups excluding carboxylic acids is 1. The number of unbranched alkanes of at least 4 members (excludes halogenated alkanes) is 1. The third-order valence-electron chi connectivity index (χ3n) is 12.8. The molecule has 0 spiro atoms. The number of ether oxygens (including phenoxy) is 7. The Morgan fingerprint density at radius 2 is 1.86 bits per heavy atom. The lowest BCUT2D eigenvalue weighted by atomic mass is 9.95. The molecule has 4 aliphatic heterocycles. The van der Waals surface area contributed by atoms with Gasteiger partial charge in [0.15, 0.2) is 12.0 Å². The summed E-state index contributed by atoms with van der Waals surface area (Å²) in [5.74, 6) is -0.507. The lowest BCUT2D eigenvalue weighted by Crippen LogP contribution is -2.49. The van der Waals surface area contributed by atoms with E-state index >= 15 is 4.39 Å². The van der Waals surface area contributed by atoms with Gasteiger partial charge < -0.3 is 38.1 Å². The molecule has 66 heavy (non-hydrogen) atoms. The number of benzene rings is 1. The van der Waals surface area contributed by atoms with Gasteiger partial charge in [0.1, 0.15) is 42.0 Å². The highest BCUT2D eigenvalue weighted by atomic mass is 35.5. The summed E-state index contributed by atoms with van der Waals surface area (Å²) in [6.07, 6.45) is 8.91. The molecule has 4 aromatic rings. The first-order valence-corrected chi connectivity index (χ1v) is 23.9. The van der Waals surface area contributed by atoms with Gasteiger partial charge in [-0.3, -0.25) is 9.88 Å². The summed E-state index contributed by atoms with van der Waals surface area (Å²) >= 11 is 7.22. The summed E-state index contributed by atoms with van der Waals surface area (Å²) in [5.41, 5.74) is 0.226. The molecular weight excluding hydrogens is 876 g/mol. The van der Waals surface area contributed by atoms with E-state index in [1.165, 1.54) is 0 Å². The molecule has 0 radical (unpaired) electrons. The van der Waals surface area contributed by atoms with Gasteiger partial charge in [-0.2, -0.15) is 15.1 Å². The lowest BCUT2D eigenvalue weighted by molar-refractivity contribution is -0.106. The average Bonchev–Trinajstić information content (AvgIpc) is 3.95. The molecule has 15 nitrogen and oxygen atoms in total. The van der Waals surface area contributed by atoms with E-state index in [9.17, 15) is 9.18 Å². The van der Waals surface area contributed by atoms with Crippen LogP contribution in [0.4, 0.5) is 13.6 Å². The molecule has 7 heterocycles. The van der Waals surface area contributed by atoms with Crippen LogP contribution in [0.15, 0.2) is 18.5 Å². The fourth-order valence-electron chi connectivity index (χ4n) is 9.91. The molecule has 5 atom stereocenters. The molecule has 1 unspecified atom stereocenters. The van der Waals surface area contributed by atoms with Crippen LogP contribution in [0.5, 0.6) is 11.9 Å². The fraction of sp³-hybridized carbons (Fsp3) is 0.688. The number of aromatic nitrogens is 5. The molecule has 3 aromatic heterocycles. The number of amides is 1. The first-order valence-electron chi connectivity index (χ1n) is 23.5. The molecule has 8 rings (SSSR count). The number of hydrogen-bond acceptors (Lipinski definition) is 13. The van der Waals surface area contributed by atoms with E-state index in [4.69, 9.17) is 54.8 Å². The highest BCUT2D eigenvalue weighted by Crippen LogP contribution is 2.43. The predicted octanol–water partition coefficient (Wildman–Crippen LogP) is 9.25. The van der Waals surface area contributed by atoms with Gasteiger partial charge in [0, 0.05) is 67.9 Å². The smallest absolute Gasteiger partial charge is 0.410 e. The minimum Gasteiger partial charge on any atom is -0.471 e. The zero-order valence-electron chi connectivity index (χ0n) is 39.5. The summed E-state index contributed by atoms with van der Waals surface area (Å²) in [5, 5.41) is 6.20. The van der Waals surface area contributed by atoms with Crippen molar-refractivity contribution in [1.29, 1.82) is 0 Å². The van der Waals surface area contributed by atoms with E-state index < -0.39 is 28.7 Å². The summed E-state index contributed by atoms with van der Waals surface area (Å²) in [7, 11) is 1.57. The molecule has 1 aromatic carbocycles. The van der Waals surface area contributed by atoms with Crippen LogP contribution >= 0.6 is 11.6 Å². The van der Waals surface area contributed by atoms with Gasteiger partial charge in [0.25, 0.3) is 0 Å². The van der Waals surface area contributed by atoms with Crippen molar-refractivity contribution in [3.05, 3.63) is 34.9 Å². The van der Waals surface area contributed by atoms with E-state index in [-0.39, 0.29) is 66.2 Å². The molecule has 4 saturated heterocycles. The Kier molecular flexibility index (Phi) is 14.9. The lowest BCUT2D eigenvalue weighted by Gasteiger charge is -2.38. The van der Waals surface area contributed by atoms with Crippen molar-refractivity contribution in [1.82, 2.24) is 34.5 Å². The standard InChI is InChI=1S/C48H66ClF2N7O8/c1-46(2,3)65-43-35-22-52-42(40(51)41(35)54-44(55-43)63-28-48-15-12-16-57(48)25-31(50)21-48)39-33(36(49)20-37-34(39)23-53-58(37)38-14-9-11-18-62-38)13-8-10-17-61-27-30-19-32(64-29-60-7)26-56(24-30)45(59)66-47(4,5)6/h20,22-23,30-32,38H,8-19,21,24-29H2,1-7H3/t30-,31+,32+,38?,48-/m0/s1. The second-order valence-electron chi connectivity index (χ2n) is 20.3. The molecule has 0 N–H and O–H groups in total. The Morgan fingerprint density at radius 1 is 1.03 bits per heavy atom. The quantitative estimate of drug-likeness (QED) is 0.0778. The predicted molar refractivity (Wildman–Crippen MR) is 245 cm³/mol. The maximum atomic E-state index is 17.6. The highest BCUT2D eigenvalue weighted by molar-refractivity contribution is 6.33. The molecule has 4 aliphatic rings. The van der Waals surface area contributed by atoms with Crippen LogP contribution in [0.3, 0.4) is 0 Å². The fourth-order valence-corrected chi connectivity index (χ4v) is 10.2. The Balaban J connectivity index is 1.06. The maximum Gasteiger partial charge on any atom is 0.410 e. The number of pyridine rings is 1. The van der Waals surface area contributed by atoms with Gasteiger partial charge in [-0.05, 0) is 118 Å². The molecule has 18 heteroatoms.